The first-order valence-corrected chi connectivity index (χ1v) is 26.2. The van der Waals surface area contributed by atoms with E-state index < -0.39 is 86.8 Å². The number of carbonyl (C=O) groups excluding carboxylic acids is 1. The second kappa shape index (κ2) is 40.1. The van der Waals surface area contributed by atoms with Crippen molar-refractivity contribution in [3.8, 4) is 0 Å². The van der Waals surface area contributed by atoms with E-state index >= 15 is 0 Å². The van der Waals surface area contributed by atoms with Crippen LogP contribution in [0.25, 0.3) is 0 Å². The van der Waals surface area contributed by atoms with E-state index in [0.717, 1.165) is 70.6 Å². The third kappa shape index (κ3) is 26.6. The molecular formula is C54H93NO13. The molecule has 0 aromatic carbocycles. The number of aliphatic hydroxyl groups excluding tert-OH is 8. The lowest BCUT2D eigenvalue weighted by Crippen LogP contribution is -2.65. The summed E-state index contributed by atoms with van der Waals surface area (Å²) in [5, 5.41) is 86.5. The number of unbranched alkanes of at least 4 members (excludes halogenated alkanes) is 16. The van der Waals surface area contributed by atoms with E-state index in [1.54, 1.807) is 6.08 Å². The van der Waals surface area contributed by atoms with Gasteiger partial charge < -0.3 is 65.1 Å². The fourth-order valence-electron chi connectivity index (χ4n) is 8.12. The number of ether oxygens (including phenoxy) is 4. The molecule has 12 unspecified atom stereocenters. The Bertz CT molecular complexity index is 1420. The molecular weight excluding hydrogens is 871 g/mol. The lowest BCUT2D eigenvalue weighted by atomic mass is 9.97. The molecule has 2 fully saturated rings. The van der Waals surface area contributed by atoms with Crippen molar-refractivity contribution >= 4 is 5.91 Å². The Kier molecular flexibility index (Phi) is 36.3. The van der Waals surface area contributed by atoms with Crippen molar-refractivity contribution in [1.29, 1.82) is 0 Å². The topological polar surface area (TPSA) is 228 Å². The molecule has 392 valence electrons. The molecule has 2 saturated heterocycles. The predicted octanol–water partition coefficient (Wildman–Crippen LogP) is 7.21. The first-order chi connectivity index (χ1) is 33.1. The number of nitrogens with one attached hydrogen (secondary N) is 1. The van der Waals surface area contributed by atoms with Crippen LogP contribution in [0.2, 0.25) is 0 Å². The fraction of sp³-hybridized carbons (Fsp3) is 0.759. The number of rotatable bonds is 39. The highest BCUT2D eigenvalue weighted by Crippen LogP contribution is 2.30. The summed E-state index contributed by atoms with van der Waals surface area (Å²) in [6.45, 7) is 2.58. The summed E-state index contributed by atoms with van der Waals surface area (Å²) in [6.07, 6.45) is 34.0. The monoisotopic (exact) mass is 964 g/mol. The van der Waals surface area contributed by atoms with Crippen LogP contribution >= 0.6 is 0 Å². The Balaban J connectivity index is 1.73. The first kappa shape index (κ1) is 61.5. The van der Waals surface area contributed by atoms with Crippen molar-refractivity contribution in [3.63, 3.8) is 0 Å². The molecule has 68 heavy (non-hydrogen) atoms. The van der Waals surface area contributed by atoms with Crippen LogP contribution in [-0.4, -0.2) is 140 Å². The second-order valence-electron chi connectivity index (χ2n) is 18.3. The summed E-state index contributed by atoms with van der Waals surface area (Å²) in [6, 6.07) is -0.933. The summed E-state index contributed by atoms with van der Waals surface area (Å²) in [5.74, 6) is -0.258. The standard InChI is InChI=1S/C54H93NO13/c1-3-5-7-9-11-13-14-15-16-17-18-19-20-21-22-23-24-25-26-27-28-30-32-34-36-38-46(59)55-42(43(58)37-35-33-31-29-12-10-8-6-4-2)41-65-53-51(64)49(62)52(45(40-57)67-53)68-54-50(63)48(61)47(60)44(39-56)66-54/h5,7,11-13,15-16,18-19,29,35,37,42-45,47-54,56-58,60-64H,3-4,6,8-10,14,17,20-28,30-34,36,38-41H2,1-2H3,(H,55,59)/b7-5-,13-11-,16-15-,19-18-,29-12+,37-35+. The van der Waals surface area contributed by atoms with E-state index in [1.807, 2.05) is 6.08 Å². The average molecular weight is 964 g/mol. The molecule has 0 bridgehead atoms. The largest absolute Gasteiger partial charge is 0.394 e. The van der Waals surface area contributed by atoms with Crippen LogP contribution in [0.5, 0.6) is 0 Å². The van der Waals surface area contributed by atoms with E-state index in [9.17, 15) is 45.6 Å². The van der Waals surface area contributed by atoms with E-state index in [0.29, 0.717) is 12.8 Å². The minimum atomic E-state index is -1.79. The molecule has 2 aliphatic heterocycles. The Morgan fingerprint density at radius 2 is 1.03 bits per heavy atom. The quantitative estimate of drug-likeness (QED) is 0.0220. The molecule has 0 spiro atoms. The summed E-state index contributed by atoms with van der Waals surface area (Å²) in [5.41, 5.74) is 0. The third-order valence-corrected chi connectivity index (χ3v) is 12.4. The predicted molar refractivity (Wildman–Crippen MR) is 267 cm³/mol. The number of amides is 1. The van der Waals surface area contributed by atoms with Crippen molar-refractivity contribution in [3.05, 3.63) is 72.9 Å². The Morgan fingerprint density at radius 1 is 0.544 bits per heavy atom. The summed E-state index contributed by atoms with van der Waals surface area (Å²) < 4.78 is 22.6. The molecule has 0 saturated carbocycles. The zero-order valence-electron chi connectivity index (χ0n) is 41.6. The third-order valence-electron chi connectivity index (χ3n) is 12.4. The van der Waals surface area contributed by atoms with Gasteiger partial charge in [0.1, 0.15) is 48.8 Å². The maximum absolute atomic E-state index is 13.2. The highest BCUT2D eigenvalue weighted by atomic mass is 16.7. The first-order valence-electron chi connectivity index (χ1n) is 26.2. The lowest BCUT2D eigenvalue weighted by molar-refractivity contribution is -0.359. The van der Waals surface area contributed by atoms with E-state index in [2.05, 4.69) is 79.9 Å². The molecule has 2 rings (SSSR count). The van der Waals surface area contributed by atoms with Crippen molar-refractivity contribution < 1.29 is 64.6 Å². The molecule has 0 aromatic rings. The van der Waals surface area contributed by atoms with Crippen LogP contribution in [0.4, 0.5) is 0 Å². The van der Waals surface area contributed by atoms with Crippen LogP contribution in [-0.2, 0) is 23.7 Å². The molecule has 12 atom stereocenters. The molecule has 1 amide bonds. The van der Waals surface area contributed by atoms with Crippen molar-refractivity contribution in [2.45, 2.75) is 242 Å². The fourth-order valence-corrected chi connectivity index (χ4v) is 8.12. The van der Waals surface area contributed by atoms with Crippen molar-refractivity contribution in [2.24, 2.45) is 0 Å². The Hall–Kier alpha value is -2.57. The number of allylic oxidation sites excluding steroid dienone is 11. The highest BCUT2D eigenvalue weighted by Gasteiger charge is 2.51. The van der Waals surface area contributed by atoms with Gasteiger partial charge in [-0.2, -0.15) is 0 Å². The lowest BCUT2D eigenvalue weighted by Gasteiger charge is -2.46. The maximum Gasteiger partial charge on any atom is 0.220 e. The highest BCUT2D eigenvalue weighted by molar-refractivity contribution is 5.76. The molecule has 9 N–H and O–H groups in total. The van der Waals surface area contributed by atoms with Gasteiger partial charge in [0.2, 0.25) is 5.91 Å². The Labute approximate surface area is 408 Å². The molecule has 0 aromatic heterocycles. The van der Waals surface area contributed by atoms with Crippen LogP contribution in [0, 0.1) is 0 Å². The van der Waals surface area contributed by atoms with Gasteiger partial charge in [0, 0.05) is 6.42 Å². The van der Waals surface area contributed by atoms with Crippen LogP contribution < -0.4 is 5.32 Å². The summed E-state index contributed by atoms with van der Waals surface area (Å²) >= 11 is 0. The second-order valence-corrected chi connectivity index (χ2v) is 18.3. The molecule has 2 aliphatic rings. The minimum absolute atomic E-state index is 0.258. The smallest absolute Gasteiger partial charge is 0.220 e. The van der Waals surface area contributed by atoms with Gasteiger partial charge in [0.25, 0.3) is 0 Å². The van der Waals surface area contributed by atoms with Gasteiger partial charge >= 0.3 is 0 Å². The van der Waals surface area contributed by atoms with Gasteiger partial charge in [0.05, 0.1) is 32.0 Å². The van der Waals surface area contributed by atoms with E-state index in [4.69, 9.17) is 18.9 Å². The average Bonchev–Trinajstić information content (AvgIpc) is 3.34. The van der Waals surface area contributed by atoms with Gasteiger partial charge in [-0.3, -0.25) is 4.79 Å². The molecule has 0 radical (unpaired) electrons. The van der Waals surface area contributed by atoms with Gasteiger partial charge in [-0.15, -0.1) is 0 Å². The number of hydrogen-bond donors (Lipinski definition) is 9. The van der Waals surface area contributed by atoms with E-state index in [1.165, 1.54) is 64.2 Å². The number of aliphatic hydroxyl groups is 8. The number of hydrogen-bond acceptors (Lipinski definition) is 13. The molecule has 2 heterocycles. The zero-order chi connectivity index (χ0) is 49.6. The molecule has 14 nitrogen and oxygen atoms in total. The van der Waals surface area contributed by atoms with Gasteiger partial charge in [-0.1, -0.05) is 164 Å². The zero-order valence-corrected chi connectivity index (χ0v) is 41.6. The molecule has 14 heteroatoms. The minimum Gasteiger partial charge on any atom is -0.394 e. The van der Waals surface area contributed by atoms with Gasteiger partial charge in [-0.05, 0) is 70.6 Å². The van der Waals surface area contributed by atoms with Crippen LogP contribution in [0.1, 0.15) is 168 Å². The summed E-state index contributed by atoms with van der Waals surface area (Å²) in [4.78, 5) is 13.2. The van der Waals surface area contributed by atoms with Gasteiger partial charge in [0.15, 0.2) is 12.6 Å². The maximum atomic E-state index is 13.2. The Morgan fingerprint density at radius 3 is 1.62 bits per heavy atom. The summed E-state index contributed by atoms with van der Waals surface area (Å²) in [7, 11) is 0. The van der Waals surface area contributed by atoms with Crippen LogP contribution in [0.15, 0.2) is 72.9 Å². The van der Waals surface area contributed by atoms with Crippen LogP contribution in [0.3, 0.4) is 0 Å². The van der Waals surface area contributed by atoms with Gasteiger partial charge in [-0.25, -0.2) is 0 Å². The van der Waals surface area contributed by atoms with Crippen molar-refractivity contribution in [1.82, 2.24) is 5.32 Å². The normalized spacial score (nSPS) is 27.0. The van der Waals surface area contributed by atoms with Crippen molar-refractivity contribution in [2.75, 3.05) is 19.8 Å². The molecule has 0 aliphatic carbocycles. The SMILES string of the molecule is CC/C=C\C/C=C\C/C=C\C/C=C\CCCCCCCCCCCCCCC(=O)NC(COC1OC(CO)C(OC2OC(CO)C(O)C(O)C2O)C(O)C1O)C(O)/C=C/CC/C=C/CCCCC. The van der Waals surface area contributed by atoms with E-state index in [-0.39, 0.29) is 18.9 Å². The number of carbonyl (C=O) groups is 1.